The van der Waals surface area contributed by atoms with Gasteiger partial charge in [-0.3, -0.25) is 0 Å². The van der Waals surface area contributed by atoms with E-state index in [0.29, 0.717) is 15.0 Å². The van der Waals surface area contributed by atoms with Crippen LogP contribution in [-0.4, -0.2) is 22.1 Å². The summed E-state index contributed by atoms with van der Waals surface area (Å²) in [7, 11) is 1.78. The molecule has 66 valence electrons. The van der Waals surface area contributed by atoms with Gasteiger partial charge in [-0.25, -0.2) is 0 Å². The first kappa shape index (κ1) is 9.78. The van der Waals surface area contributed by atoms with Crippen molar-refractivity contribution in [1.82, 2.24) is 0 Å². The van der Waals surface area contributed by atoms with E-state index in [1.165, 1.54) is 5.56 Å². The molecule has 0 spiro atoms. The Balaban J connectivity index is 2.95. The van der Waals surface area contributed by atoms with Crippen molar-refractivity contribution < 1.29 is 4.74 Å². The summed E-state index contributed by atoms with van der Waals surface area (Å²) in [5.74, 6) is 2.20. The standard InChI is InChI=1S/C10H14OSe/c1-10(11-2,12-3)9-7-5-4-6-8-9/h4-8H,1-3H3. The molecule has 0 N–H and O–H groups in total. The van der Waals surface area contributed by atoms with Crippen LogP contribution < -0.4 is 0 Å². The van der Waals surface area contributed by atoms with Crippen molar-refractivity contribution in [2.24, 2.45) is 0 Å². The van der Waals surface area contributed by atoms with Crippen molar-refractivity contribution >= 4 is 15.0 Å². The topological polar surface area (TPSA) is 9.23 Å². The Morgan fingerprint density at radius 2 is 1.83 bits per heavy atom. The number of benzene rings is 1. The summed E-state index contributed by atoms with van der Waals surface area (Å²) in [4.78, 5) is 0. The zero-order chi connectivity index (χ0) is 9.03. The molecule has 0 saturated heterocycles. The number of methoxy groups -OCH3 is 1. The average molecular weight is 229 g/mol. The summed E-state index contributed by atoms with van der Waals surface area (Å²) in [5.41, 5.74) is 1.27. The quantitative estimate of drug-likeness (QED) is 0.722. The van der Waals surface area contributed by atoms with Crippen LogP contribution in [0.15, 0.2) is 30.3 Å². The van der Waals surface area contributed by atoms with Gasteiger partial charge in [0.15, 0.2) is 0 Å². The molecule has 12 heavy (non-hydrogen) atoms. The van der Waals surface area contributed by atoms with Gasteiger partial charge in [-0.05, 0) is 0 Å². The second-order valence-electron chi connectivity index (χ2n) is 2.72. The van der Waals surface area contributed by atoms with Gasteiger partial charge in [-0.15, -0.1) is 0 Å². The Labute approximate surface area is 80.3 Å². The molecule has 1 unspecified atom stereocenters. The van der Waals surface area contributed by atoms with Crippen LogP contribution in [0.5, 0.6) is 0 Å². The Bertz CT molecular complexity index is 229. The maximum atomic E-state index is 5.50. The van der Waals surface area contributed by atoms with Crippen molar-refractivity contribution in [3.05, 3.63) is 35.9 Å². The van der Waals surface area contributed by atoms with Crippen LogP contribution in [-0.2, 0) is 9.24 Å². The number of ether oxygens (including phenoxy) is 1. The Morgan fingerprint density at radius 3 is 2.25 bits per heavy atom. The molecular weight excluding hydrogens is 215 g/mol. The normalized spacial score (nSPS) is 15.6. The minimum atomic E-state index is -0.0613. The Morgan fingerprint density at radius 1 is 1.25 bits per heavy atom. The predicted octanol–water partition coefficient (Wildman–Crippen LogP) is 2.26. The van der Waals surface area contributed by atoms with Gasteiger partial charge in [-0.2, -0.15) is 0 Å². The van der Waals surface area contributed by atoms with Crippen molar-refractivity contribution in [2.45, 2.75) is 17.2 Å². The second kappa shape index (κ2) is 4.08. The molecule has 0 aliphatic heterocycles. The van der Waals surface area contributed by atoms with Gasteiger partial charge in [0, 0.05) is 0 Å². The van der Waals surface area contributed by atoms with E-state index in [9.17, 15) is 0 Å². The molecule has 1 aromatic rings. The van der Waals surface area contributed by atoms with E-state index in [1.807, 2.05) is 6.07 Å². The van der Waals surface area contributed by atoms with Gasteiger partial charge in [0.05, 0.1) is 0 Å². The van der Waals surface area contributed by atoms with Gasteiger partial charge in [0.2, 0.25) is 0 Å². The van der Waals surface area contributed by atoms with Gasteiger partial charge >= 0.3 is 79.9 Å². The summed E-state index contributed by atoms with van der Waals surface area (Å²) >= 11 is 0.461. The fourth-order valence-corrected chi connectivity index (χ4v) is 2.19. The molecule has 1 atom stereocenters. The minimum absolute atomic E-state index is 0.0613. The third kappa shape index (κ3) is 1.89. The van der Waals surface area contributed by atoms with Crippen LogP contribution in [0.3, 0.4) is 0 Å². The molecule has 1 rings (SSSR count). The zero-order valence-electron chi connectivity index (χ0n) is 7.70. The maximum absolute atomic E-state index is 5.50. The summed E-state index contributed by atoms with van der Waals surface area (Å²) < 4.78 is 5.44. The third-order valence-corrected chi connectivity index (χ3v) is 4.56. The van der Waals surface area contributed by atoms with Crippen LogP contribution in [0.25, 0.3) is 0 Å². The Hall–Kier alpha value is -0.301. The van der Waals surface area contributed by atoms with E-state index in [2.05, 4.69) is 37.0 Å². The fraction of sp³-hybridized carbons (Fsp3) is 0.400. The van der Waals surface area contributed by atoms with Crippen molar-refractivity contribution in [3.8, 4) is 0 Å². The van der Waals surface area contributed by atoms with Crippen LogP contribution in [0, 0.1) is 0 Å². The van der Waals surface area contributed by atoms with Gasteiger partial charge < -0.3 is 0 Å². The molecule has 0 heterocycles. The first-order chi connectivity index (χ1) is 5.73. The predicted molar refractivity (Wildman–Crippen MR) is 52.4 cm³/mol. The molecule has 0 fully saturated rings. The average Bonchev–Trinajstić information content (AvgIpc) is 2.18. The van der Waals surface area contributed by atoms with Crippen molar-refractivity contribution in [3.63, 3.8) is 0 Å². The molecule has 0 aliphatic rings. The molecule has 0 radical (unpaired) electrons. The summed E-state index contributed by atoms with van der Waals surface area (Å²) in [6.45, 7) is 2.14. The van der Waals surface area contributed by atoms with Gasteiger partial charge in [0.1, 0.15) is 0 Å². The van der Waals surface area contributed by atoms with Crippen LogP contribution in [0.1, 0.15) is 12.5 Å². The van der Waals surface area contributed by atoms with E-state index in [-0.39, 0.29) is 4.50 Å². The number of hydrogen-bond acceptors (Lipinski definition) is 1. The van der Waals surface area contributed by atoms with Crippen LogP contribution >= 0.6 is 0 Å². The summed E-state index contributed by atoms with van der Waals surface area (Å²) in [5, 5.41) is 0. The van der Waals surface area contributed by atoms with Crippen molar-refractivity contribution in [1.29, 1.82) is 0 Å². The summed E-state index contributed by atoms with van der Waals surface area (Å²) in [6.07, 6.45) is 0. The first-order valence-electron chi connectivity index (χ1n) is 3.89. The molecule has 2 heteroatoms. The second-order valence-corrected chi connectivity index (χ2v) is 5.21. The van der Waals surface area contributed by atoms with E-state index in [1.54, 1.807) is 7.11 Å². The van der Waals surface area contributed by atoms with E-state index in [0.717, 1.165) is 0 Å². The van der Waals surface area contributed by atoms with Crippen LogP contribution in [0.4, 0.5) is 0 Å². The van der Waals surface area contributed by atoms with E-state index >= 15 is 0 Å². The molecule has 0 saturated carbocycles. The molecule has 1 aromatic carbocycles. The zero-order valence-corrected chi connectivity index (χ0v) is 9.42. The van der Waals surface area contributed by atoms with Gasteiger partial charge in [0.25, 0.3) is 0 Å². The SMILES string of the molecule is COC(C)([Se]C)c1ccccc1. The number of hydrogen-bond donors (Lipinski definition) is 0. The molecule has 0 aliphatic carbocycles. The van der Waals surface area contributed by atoms with Crippen LogP contribution in [0.2, 0.25) is 5.82 Å². The monoisotopic (exact) mass is 230 g/mol. The molecular formula is C10H14OSe. The van der Waals surface area contributed by atoms with E-state index in [4.69, 9.17) is 4.74 Å². The summed E-state index contributed by atoms with van der Waals surface area (Å²) in [6, 6.07) is 10.4. The molecule has 0 amide bonds. The molecule has 1 nitrogen and oxygen atoms in total. The first-order valence-corrected chi connectivity index (χ1v) is 6.46. The van der Waals surface area contributed by atoms with Gasteiger partial charge in [-0.1, -0.05) is 0 Å². The van der Waals surface area contributed by atoms with E-state index < -0.39 is 0 Å². The molecule has 0 bridgehead atoms. The Kier molecular flexibility index (Phi) is 3.33. The molecule has 0 aromatic heterocycles. The fourth-order valence-electron chi connectivity index (χ4n) is 1.06. The van der Waals surface area contributed by atoms with Crippen molar-refractivity contribution in [2.75, 3.05) is 7.11 Å². The number of rotatable bonds is 3. The third-order valence-electron chi connectivity index (χ3n) is 2.08.